The summed E-state index contributed by atoms with van der Waals surface area (Å²) in [5.41, 5.74) is 3.86. The Morgan fingerprint density at radius 1 is 1.24 bits per heavy atom. The molecule has 0 bridgehead atoms. The van der Waals surface area contributed by atoms with E-state index in [0.717, 1.165) is 26.1 Å². The lowest BCUT2D eigenvalue weighted by molar-refractivity contribution is -0.0278. The van der Waals surface area contributed by atoms with Crippen LogP contribution in [0, 0.1) is 5.92 Å². The third kappa shape index (κ3) is 5.06. The smallest absolute Gasteiger partial charge is 0.0865 e. The minimum atomic E-state index is 0. The van der Waals surface area contributed by atoms with Crippen molar-refractivity contribution in [1.29, 1.82) is 0 Å². The van der Waals surface area contributed by atoms with Gasteiger partial charge in [-0.25, -0.2) is 0 Å². The lowest BCUT2D eigenvalue weighted by atomic mass is 9.88. The van der Waals surface area contributed by atoms with E-state index in [1.165, 1.54) is 23.2 Å². The first-order valence-corrected chi connectivity index (χ1v) is 8.95. The Morgan fingerprint density at radius 3 is 2.72 bits per heavy atom. The minimum absolute atomic E-state index is 0. The van der Waals surface area contributed by atoms with Gasteiger partial charge in [0.15, 0.2) is 0 Å². The fourth-order valence-electron chi connectivity index (χ4n) is 3.55. The van der Waals surface area contributed by atoms with Crippen molar-refractivity contribution in [2.45, 2.75) is 51.7 Å². The molecule has 2 atom stereocenters. The van der Waals surface area contributed by atoms with E-state index in [2.05, 4.69) is 66.6 Å². The SMILES string of the molecule is CC(C)(C)c1[nH]ncc1CNCC1CCCOC1c1ccccc1.Cl. The number of ether oxygens (including phenoxy) is 1. The number of benzene rings is 1. The van der Waals surface area contributed by atoms with Gasteiger partial charge in [0, 0.05) is 42.3 Å². The molecule has 5 heteroatoms. The van der Waals surface area contributed by atoms with Crippen molar-refractivity contribution in [2.75, 3.05) is 13.2 Å². The van der Waals surface area contributed by atoms with Crippen molar-refractivity contribution >= 4 is 12.4 Å². The summed E-state index contributed by atoms with van der Waals surface area (Å²) < 4.78 is 6.08. The topological polar surface area (TPSA) is 49.9 Å². The highest BCUT2D eigenvalue weighted by Gasteiger charge is 2.27. The molecule has 4 nitrogen and oxygen atoms in total. The highest BCUT2D eigenvalue weighted by molar-refractivity contribution is 5.85. The molecule has 2 heterocycles. The average Bonchev–Trinajstić information content (AvgIpc) is 3.05. The van der Waals surface area contributed by atoms with E-state index in [0.29, 0.717) is 5.92 Å². The second kappa shape index (κ2) is 8.84. The fraction of sp³-hybridized carbons (Fsp3) is 0.550. The number of halogens is 1. The highest BCUT2D eigenvalue weighted by atomic mass is 35.5. The summed E-state index contributed by atoms with van der Waals surface area (Å²) in [6.07, 6.45) is 4.51. The molecule has 2 aromatic rings. The molecule has 0 spiro atoms. The fourth-order valence-corrected chi connectivity index (χ4v) is 3.55. The number of aromatic nitrogens is 2. The van der Waals surface area contributed by atoms with Crippen molar-refractivity contribution in [1.82, 2.24) is 15.5 Å². The van der Waals surface area contributed by atoms with Gasteiger partial charge >= 0.3 is 0 Å². The maximum atomic E-state index is 6.08. The van der Waals surface area contributed by atoms with Gasteiger partial charge in [0.05, 0.1) is 12.3 Å². The molecule has 3 rings (SSSR count). The maximum Gasteiger partial charge on any atom is 0.0865 e. The first kappa shape index (κ1) is 20.0. The number of nitrogens with zero attached hydrogens (tertiary/aromatic N) is 1. The number of hydrogen-bond donors (Lipinski definition) is 2. The van der Waals surface area contributed by atoms with E-state index in [1.54, 1.807) is 0 Å². The van der Waals surface area contributed by atoms with Gasteiger partial charge in [0.1, 0.15) is 0 Å². The maximum absolute atomic E-state index is 6.08. The Bertz CT molecular complexity index is 636. The van der Waals surface area contributed by atoms with Crippen molar-refractivity contribution in [3.05, 3.63) is 53.3 Å². The predicted molar refractivity (Wildman–Crippen MR) is 104 cm³/mol. The quantitative estimate of drug-likeness (QED) is 0.828. The molecule has 2 unspecified atom stereocenters. The Kier molecular flexibility index (Phi) is 7.05. The summed E-state index contributed by atoms with van der Waals surface area (Å²) in [7, 11) is 0. The average molecular weight is 364 g/mol. The Hall–Kier alpha value is -1.36. The zero-order valence-electron chi connectivity index (χ0n) is 15.4. The van der Waals surface area contributed by atoms with Crippen molar-refractivity contribution in [3.63, 3.8) is 0 Å². The molecule has 1 aliphatic heterocycles. The molecule has 0 amide bonds. The zero-order chi connectivity index (χ0) is 17.0. The van der Waals surface area contributed by atoms with Crippen LogP contribution in [-0.2, 0) is 16.7 Å². The van der Waals surface area contributed by atoms with Crippen molar-refractivity contribution in [3.8, 4) is 0 Å². The summed E-state index contributed by atoms with van der Waals surface area (Å²) in [6, 6.07) is 10.6. The summed E-state index contributed by atoms with van der Waals surface area (Å²) in [5, 5.41) is 11.0. The van der Waals surface area contributed by atoms with Crippen molar-refractivity contribution in [2.24, 2.45) is 5.92 Å². The summed E-state index contributed by atoms with van der Waals surface area (Å²) in [5.74, 6) is 0.520. The molecule has 1 aromatic carbocycles. The molecule has 0 saturated carbocycles. The van der Waals surface area contributed by atoms with E-state index in [1.807, 2.05) is 6.20 Å². The lowest BCUT2D eigenvalue weighted by Gasteiger charge is -2.32. The molecule has 0 aliphatic carbocycles. The molecule has 25 heavy (non-hydrogen) atoms. The van der Waals surface area contributed by atoms with Crippen LogP contribution in [0.25, 0.3) is 0 Å². The van der Waals surface area contributed by atoms with E-state index >= 15 is 0 Å². The molecule has 1 fully saturated rings. The van der Waals surface area contributed by atoms with Gasteiger partial charge in [-0.2, -0.15) is 5.10 Å². The van der Waals surface area contributed by atoms with Crippen LogP contribution in [0.3, 0.4) is 0 Å². The Labute approximate surface area is 157 Å². The molecule has 1 aliphatic rings. The minimum Gasteiger partial charge on any atom is -0.373 e. The molecule has 138 valence electrons. The zero-order valence-corrected chi connectivity index (χ0v) is 16.2. The van der Waals surface area contributed by atoms with Crippen LogP contribution in [0.1, 0.15) is 56.5 Å². The monoisotopic (exact) mass is 363 g/mol. The molecule has 1 aromatic heterocycles. The first-order chi connectivity index (χ1) is 11.6. The van der Waals surface area contributed by atoms with Gasteiger partial charge in [-0.1, -0.05) is 51.1 Å². The number of H-pyrrole nitrogens is 1. The third-order valence-electron chi connectivity index (χ3n) is 4.76. The largest absolute Gasteiger partial charge is 0.373 e. The second-order valence-corrected chi connectivity index (χ2v) is 7.76. The number of nitrogens with one attached hydrogen (secondary N) is 2. The Morgan fingerprint density at radius 2 is 2.00 bits per heavy atom. The highest BCUT2D eigenvalue weighted by Crippen LogP contribution is 2.33. The number of aromatic amines is 1. The van der Waals surface area contributed by atoms with E-state index in [-0.39, 0.29) is 23.9 Å². The molecule has 1 saturated heterocycles. The van der Waals surface area contributed by atoms with E-state index < -0.39 is 0 Å². The standard InChI is InChI=1S/C20H29N3O.ClH/c1-20(2,3)19-17(14-22-23-19)13-21-12-16-10-7-11-24-18(16)15-8-5-4-6-9-15;/h4-6,8-9,14,16,18,21H,7,10-13H2,1-3H3,(H,22,23);1H. The molecule has 0 radical (unpaired) electrons. The van der Waals surface area contributed by atoms with E-state index in [4.69, 9.17) is 4.74 Å². The van der Waals surface area contributed by atoms with Crippen LogP contribution >= 0.6 is 12.4 Å². The normalized spacial score (nSPS) is 20.9. The van der Waals surface area contributed by atoms with Gasteiger partial charge in [-0.05, 0) is 18.4 Å². The molecule has 2 N–H and O–H groups in total. The van der Waals surface area contributed by atoms with Crippen LogP contribution in [0.5, 0.6) is 0 Å². The predicted octanol–water partition coefficient (Wildman–Crippen LogP) is 4.39. The number of rotatable bonds is 5. The van der Waals surface area contributed by atoms with Gasteiger partial charge in [0.25, 0.3) is 0 Å². The molecular formula is C20H30ClN3O. The van der Waals surface area contributed by atoms with Gasteiger partial charge in [0.2, 0.25) is 0 Å². The van der Waals surface area contributed by atoms with Crippen LogP contribution in [-0.4, -0.2) is 23.3 Å². The summed E-state index contributed by atoms with van der Waals surface area (Å²) in [6.45, 7) is 9.32. The van der Waals surface area contributed by atoms with E-state index in [9.17, 15) is 0 Å². The van der Waals surface area contributed by atoms with Crippen LogP contribution < -0.4 is 5.32 Å². The Balaban J connectivity index is 0.00000225. The van der Waals surface area contributed by atoms with Gasteiger partial charge in [-0.15, -0.1) is 12.4 Å². The van der Waals surface area contributed by atoms with Crippen molar-refractivity contribution < 1.29 is 4.74 Å². The number of hydrogen-bond acceptors (Lipinski definition) is 3. The van der Waals surface area contributed by atoms with Crippen LogP contribution in [0.4, 0.5) is 0 Å². The third-order valence-corrected chi connectivity index (χ3v) is 4.76. The molecular weight excluding hydrogens is 334 g/mol. The summed E-state index contributed by atoms with van der Waals surface area (Å²) in [4.78, 5) is 0. The summed E-state index contributed by atoms with van der Waals surface area (Å²) >= 11 is 0. The van der Waals surface area contributed by atoms with Gasteiger partial charge < -0.3 is 10.1 Å². The lowest BCUT2D eigenvalue weighted by Crippen LogP contribution is -2.32. The van der Waals surface area contributed by atoms with Gasteiger partial charge in [-0.3, -0.25) is 5.10 Å². The first-order valence-electron chi connectivity index (χ1n) is 8.95. The van der Waals surface area contributed by atoms with Crippen LogP contribution in [0.15, 0.2) is 36.5 Å². The van der Waals surface area contributed by atoms with Crippen LogP contribution in [0.2, 0.25) is 0 Å². The second-order valence-electron chi connectivity index (χ2n) is 7.76.